The van der Waals surface area contributed by atoms with E-state index in [9.17, 15) is 4.79 Å². The zero-order chi connectivity index (χ0) is 26.8. The quantitative estimate of drug-likeness (QED) is 0.255. The number of anilines is 2. The number of aromatic nitrogens is 2. The van der Waals surface area contributed by atoms with Crippen molar-refractivity contribution >= 4 is 23.1 Å². The molecule has 4 aromatic rings. The van der Waals surface area contributed by atoms with E-state index < -0.39 is 0 Å². The first-order valence-corrected chi connectivity index (χ1v) is 13.9. The minimum absolute atomic E-state index is 0.0922. The van der Waals surface area contributed by atoms with Crippen molar-refractivity contribution in [1.29, 1.82) is 0 Å². The average molecular weight is 543 g/mol. The Kier molecular flexibility index (Phi) is 7.17. The van der Waals surface area contributed by atoms with Gasteiger partial charge in [0.2, 0.25) is 5.56 Å². The molecule has 4 heterocycles. The third-order valence-corrected chi connectivity index (χ3v) is 8.05. The normalized spacial score (nSPS) is 15.1. The Morgan fingerprint density at radius 2 is 1.97 bits per heavy atom. The highest BCUT2D eigenvalue weighted by atomic mass is 32.2. The van der Waals surface area contributed by atoms with Crippen LogP contribution < -0.4 is 25.2 Å². The van der Waals surface area contributed by atoms with Gasteiger partial charge in [-0.15, -0.1) is 0 Å². The molecule has 6 rings (SSSR count). The van der Waals surface area contributed by atoms with Crippen LogP contribution in [0.5, 0.6) is 17.2 Å². The van der Waals surface area contributed by atoms with Gasteiger partial charge in [-0.25, -0.2) is 0 Å². The van der Waals surface area contributed by atoms with E-state index in [2.05, 4.69) is 33.2 Å². The Morgan fingerprint density at radius 1 is 1.10 bits per heavy atom. The van der Waals surface area contributed by atoms with Gasteiger partial charge in [-0.1, -0.05) is 24.8 Å². The standard InChI is InChI=1S/C30H30N4O4S/c1-3-24(19-13-22(36-2)18-31-17-19)32-20-7-8-26-28(14-20)39-27-6-4-5-23(30(27)38-26)25-15-21(16-29(35)33-25)34-9-11-37-12-10-34/h4-8,13-18,24,32H,3,9-12H2,1-2H3,(H,33,35). The van der Waals surface area contributed by atoms with Gasteiger partial charge in [0.15, 0.2) is 5.75 Å². The number of nitrogens with zero attached hydrogens (tertiary/aromatic N) is 2. The van der Waals surface area contributed by atoms with Crippen LogP contribution in [0.1, 0.15) is 24.9 Å². The number of benzene rings is 2. The van der Waals surface area contributed by atoms with Crippen LogP contribution in [0, 0.1) is 0 Å². The SMILES string of the molecule is CCC(Nc1ccc2c(c1)Sc1cccc(-c3cc(N4CCOCC4)cc(=O)[nH]3)c1O2)c1cncc(OC)c1. The average Bonchev–Trinajstić information content (AvgIpc) is 2.98. The third kappa shape index (κ3) is 5.32. The number of morpholine rings is 1. The second-order valence-corrected chi connectivity index (χ2v) is 10.6. The van der Waals surface area contributed by atoms with Crippen molar-refractivity contribution in [3.8, 4) is 28.5 Å². The maximum Gasteiger partial charge on any atom is 0.250 e. The van der Waals surface area contributed by atoms with Crippen molar-refractivity contribution in [3.05, 3.63) is 82.9 Å². The van der Waals surface area contributed by atoms with Gasteiger partial charge in [-0.2, -0.15) is 0 Å². The van der Waals surface area contributed by atoms with E-state index in [4.69, 9.17) is 14.2 Å². The van der Waals surface area contributed by atoms with Crippen molar-refractivity contribution in [2.75, 3.05) is 43.6 Å². The van der Waals surface area contributed by atoms with E-state index in [1.165, 1.54) is 0 Å². The van der Waals surface area contributed by atoms with Crippen LogP contribution in [-0.4, -0.2) is 43.4 Å². The number of pyridine rings is 2. The number of aromatic amines is 1. The highest BCUT2D eigenvalue weighted by Crippen LogP contribution is 2.51. The molecule has 39 heavy (non-hydrogen) atoms. The minimum Gasteiger partial charge on any atom is -0.495 e. The first kappa shape index (κ1) is 25.3. The van der Waals surface area contributed by atoms with Crippen molar-refractivity contribution in [3.63, 3.8) is 0 Å². The topological polar surface area (TPSA) is 88.7 Å². The van der Waals surface area contributed by atoms with E-state index in [1.54, 1.807) is 31.1 Å². The number of rotatable bonds is 7. The number of methoxy groups -OCH3 is 1. The molecule has 0 radical (unpaired) electrons. The summed E-state index contributed by atoms with van der Waals surface area (Å²) in [6.07, 6.45) is 4.48. The molecule has 2 N–H and O–H groups in total. The van der Waals surface area contributed by atoms with E-state index in [1.807, 2.05) is 48.7 Å². The molecule has 9 heteroatoms. The minimum atomic E-state index is -0.136. The largest absolute Gasteiger partial charge is 0.495 e. The fourth-order valence-corrected chi connectivity index (χ4v) is 5.97. The van der Waals surface area contributed by atoms with Gasteiger partial charge in [-0.3, -0.25) is 9.78 Å². The van der Waals surface area contributed by atoms with Crippen LogP contribution in [0.25, 0.3) is 11.3 Å². The molecule has 8 nitrogen and oxygen atoms in total. The van der Waals surface area contributed by atoms with E-state index in [-0.39, 0.29) is 11.6 Å². The Bertz CT molecular complexity index is 1550. The number of hydrogen-bond acceptors (Lipinski definition) is 8. The molecule has 2 aromatic carbocycles. The molecule has 1 unspecified atom stereocenters. The number of H-pyrrole nitrogens is 1. The molecular weight excluding hydrogens is 512 g/mol. The monoisotopic (exact) mass is 542 g/mol. The molecule has 1 saturated heterocycles. The molecule has 2 aromatic heterocycles. The second-order valence-electron chi connectivity index (χ2n) is 9.48. The van der Waals surface area contributed by atoms with Gasteiger partial charge in [0, 0.05) is 42.3 Å². The van der Waals surface area contributed by atoms with Crippen molar-refractivity contribution in [2.45, 2.75) is 29.2 Å². The van der Waals surface area contributed by atoms with Crippen molar-refractivity contribution < 1.29 is 14.2 Å². The van der Waals surface area contributed by atoms with Gasteiger partial charge in [0.25, 0.3) is 0 Å². The number of nitrogens with one attached hydrogen (secondary N) is 2. The Balaban J connectivity index is 1.27. The lowest BCUT2D eigenvalue weighted by Gasteiger charge is -2.29. The Labute approximate surface area is 231 Å². The second kappa shape index (κ2) is 11.0. The molecule has 1 atom stereocenters. The first-order valence-electron chi connectivity index (χ1n) is 13.1. The molecule has 200 valence electrons. The summed E-state index contributed by atoms with van der Waals surface area (Å²) in [6, 6.07) is 18.0. The molecule has 0 spiro atoms. The fourth-order valence-electron chi connectivity index (χ4n) is 4.94. The number of hydrogen-bond donors (Lipinski definition) is 2. The van der Waals surface area contributed by atoms with Gasteiger partial charge in [-0.05, 0) is 54.4 Å². The van der Waals surface area contributed by atoms with Crippen molar-refractivity contribution in [1.82, 2.24) is 9.97 Å². The van der Waals surface area contributed by atoms with Crippen LogP contribution in [-0.2, 0) is 4.74 Å². The van der Waals surface area contributed by atoms with Gasteiger partial charge < -0.3 is 29.4 Å². The highest BCUT2D eigenvalue weighted by Gasteiger charge is 2.23. The summed E-state index contributed by atoms with van der Waals surface area (Å²) in [5, 5.41) is 3.63. The summed E-state index contributed by atoms with van der Waals surface area (Å²) < 4.78 is 17.3. The van der Waals surface area contributed by atoms with Crippen molar-refractivity contribution in [2.24, 2.45) is 0 Å². The summed E-state index contributed by atoms with van der Waals surface area (Å²) in [5.74, 6) is 2.28. The van der Waals surface area contributed by atoms with Crippen LogP contribution >= 0.6 is 11.8 Å². The van der Waals surface area contributed by atoms with E-state index in [0.717, 1.165) is 74.7 Å². The Morgan fingerprint density at radius 3 is 2.79 bits per heavy atom. The molecule has 0 amide bonds. The summed E-state index contributed by atoms with van der Waals surface area (Å²) in [6.45, 7) is 4.99. The van der Waals surface area contributed by atoms with Crippen LogP contribution in [0.3, 0.4) is 0 Å². The maximum atomic E-state index is 12.6. The van der Waals surface area contributed by atoms with Crippen LogP contribution in [0.4, 0.5) is 11.4 Å². The third-order valence-electron chi connectivity index (χ3n) is 6.97. The summed E-state index contributed by atoms with van der Waals surface area (Å²) >= 11 is 1.66. The fraction of sp³-hybridized carbons (Fsp3) is 0.267. The number of ether oxygens (including phenoxy) is 3. The zero-order valence-corrected chi connectivity index (χ0v) is 22.7. The molecule has 2 aliphatic heterocycles. The summed E-state index contributed by atoms with van der Waals surface area (Å²) in [5.41, 5.74) is 4.43. The predicted octanol–water partition coefficient (Wildman–Crippen LogP) is 6.10. The summed E-state index contributed by atoms with van der Waals surface area (Å²) in [4.78, 5) is 24.1. The molecule has 1 fully saturated rings. The summed E-state index contributed by atoms with van der Waals surface area (Å²) in [7, 11) is 1.65. The smallest absolute Gasteiger partial charge is 0.250 e. The lowest BCUT2D eigenvalue weighted by Crippen LogP contribution is -2.36. The molecule has 0 aliphatic carbocycles. The van der Waals surface area contributed by atoms with E-state index >= 15 is 0 Å². The van der Waals surface area contributed by atoms with E-state index in [0.29, 0.717) is 13.2 Å². The Hall–Kier alpha value is -3.95. The van der Waals surface area contributed by atoms with Gasteiger partial charge in [0.1, 0.15) is 11.5 Å². The predicted molar refractivity (Wildman–Crippen MR) is 154 cm³/mol. The zero-order valence-electron chi connectivity index (χ0n) is 21.9. The molecular formula is C30H30N4O4S. The molecule has 2 aliphatic rings. The molecule has 0 saturated carbocycles. The van der Waals surface area contributed by atoms with Gasteiger partial charge in [0.05, 0.1) is 48.0 Å². The van der Waals surface area contributed by atoms with Gasteiger partial charge >= 0.3 is 0 Å². The highest BCUT2D eigenvalue weighted by molar-refractivity contribution is 7.99. The molecule has 0 bridgehead atoms. The maximum absolute atomic E-state index is 12.6. The number of fused-ring (bicyclic) bond motifs is 2. The number of para-hydroxylation sites is 1. The lowest BCUT2D eigenvalue weighted by molar-refractivity contribution is 0.122. The van der Waals surface area contributed by atoms with Crippen LogP contribution in [0.2, 0.25) is 0 Å². The first-order chi connectivity index (χ1) is 19.1. The van der Waals surface area contributed by atoms with Crippen LogP contribution in [0.15, 0.2) is 81.6 Å². The lowest BCUT2D eigenvalue weighted by atomic mass is 10.1.